The van der Waals surface area contributed by atoms with E-state index in [1.165, 1.54) is 5.56 Å². The van der Waals surface area contributed by atoms with Crippen molar-refractivity contribution in [2.24, 2.45) is 0 Å². The third-order valence-electron chi connectivity index (χ3n) is 6.63. The highest BCUT2D eigenvalue weighted by Gasteiger charge is 2.22. The first kappa shape index (κ1) is 24.8. The number of carbonyl (C=O) groups excluding carboxylic acids is 1. The number of esters is 1. The van der Waals surface area contributed by atoms with Crippen LogP contribution in [0.5, 0.6) is 11.5 Å². The smallest absolute Gasteiger partial charge is 0.338 e. The van der Waals surface area contributed by atoms with Crippen LogP contribution >= 0.6 is 0 Å². The molecule has 192 valence electrons. The van der Waals surface area contributed by atoms with Crippen molar-refractivity contribution < 1.29 is 23.9 Å². The van der Waals surface area contributed by atoms with Crippen molar-refractivity contribution in [1.29, 1.82) is 0 Å². The number of phenols is 1. The molecule has 3 aromatic carbocycles. The summed E-state index contributed by atoms with van der Waals surface area (Å²) in [6, 6.07) is 20.8. The summed E-state index contributed by atoms with van der Waals surface area (Å²) in [5.41, 5.74) is 3.78. The summed E-state index contributed by atoms with van der Waals surface area (Å²) in [6.07, 6.45) is 0. The molecule has 4 aromatic rings. The molecule has 1 aliphatic rings. The number of nitrogens with zero attached hydrogens (tertiary/aromatic N) is 3. The maximum absolute atomic E-state index is 11.8. The molecule has 0 unspecified atom stereocenters. The van der Waals surface area contributed by atoms with Crippen LogP contribution in [-0.2, 0) is 24.4 Å². The molecule has 8 heteroatoms. The van der Waals surface area contributed by atoms with Gasteiger partial charge in [0.05, 0.1) is 17.7 Å². The Morgan fingerprint density at radius 2 is 1.65 bits per heavy atom. The average Bonchev–Trinajstić information content (AvgIpc) is 3.34. The standard InChI is InChI=1S/C29H31N3O5/c1-2-35-29(34)22-8-10-23(11-9-22)36-20-26-24-12-13-27(33)25(28(24)37-30-26)19-32-16-14-31(15-17-32)18-21-6-4-3-5-7-21/h3-13,33H,2,14-20H2,1H3. The topological polar surface area (TPSA) is 88.3 Å². The van der Waals surface area contributed by atoms with Crippen molar-refractivity contribution in [3.63, 3.8) is 0 Å². The van der Waals surface area contributed by atoms with E-state index >= 15 is 0 Å². The van der Waals surface area contributed by atoms with E-state index in [1.54, 1.807) is 37.3 Å². The molecule has 1 fully saturated rings. The summed E-state index contributed by atoms with van der Waals surface area (Å²) in [7, 11) is 0. The molecule has 0 amide bonds. The van der Waals surface area contributed by atoms with Gasteiger partial charge in [-0.25, -0.2) is 4.79 Å². The van der Waals surface area contributed by atoms with Crippen LogP contribution in [0.15, 0.2) is 71.3 Å². The van der Waals surface area contributed by atoms with Gasteiger partial charge in [-0.15, -0.1) is 0 Å². The predicted molar refractivity (Wildman–Crippen MR) is 139 cm³/mol. The minimum Gasteiger partial charge on any atom is -0.507 e. The molecule has 1 aromatic heterocycles. The van der Waals surface area contributed by atoms with Crippen molar-refractivity contribution in [2.75, 3.05) is 32.8 Å². The molecule has 2 heterocycles. The molecule has 8 nitrogen and oxygen atoms in total. The van der Waals surface area contributed by atoms with Gasteiger partial charge in [-0.1, -0.05) is 35.5 Å². The Balaban J connectivity index is 1.21. The monoisotopic (exact) mass is 501 g/mol. The average molecular weight is 502 g/mol. The molecule has 0 spiro atoms. The first-order chi connectivity index (χ1) is 18.1. The van der Waals surface area contributed by atoms with Crippen LogP contribution in [-0.4, -0.2) is 58.8 Å². The summed E-state index contributed by atoms with van der Waals surface area (Å²) in [5, 5.41) is 15.7. The Morgan fingerprint density at radius 3 is 2.35 bits per heavy atom. The lowest BCUT2D eigenvalue weighted by atomic mass is 10.1. The quantitative estimate of drug-likeness (QED) is 0.333. The van der Waals surface area contributed by atoms with Crippen molar-refractivity contribution >= 4 is 16.9 Å². The minimum atomic E-state index is -0.360. The zero-order valence-corrected chi connectivity index (χ0v) is 20.9. The van der Waals surface area contributed by atoms with Gasteiger partial charge in [0.2, 0.25) is 0 Å². The third-order valence-corrected chi connectivity index (χ3v) is 6.63. The molecule has 1 saturated heterocycles. The molecule has 0 atom stereocenters. The number of aromatic nitrogens is 1. The Kier molecular flexibility index (Phi) is 7.67. The lowest BCUT2D eigenvalue weighted by Crippen LogP contribution is -2.45. The van der Waals surface area contributed by atoms with E-state index < -0.39 is 0 Å². The van der Waals surface area contributed by atoms with E-state index in [0.29, 0.717) is 35.7 Å². The van der Waals surface area contributed by atoms with Crippen LogP contribution in [0, 0.1) is 0 Å². The fourth-order valence-electron chi connectivity index (χ4n) is 4.58. The lowest BCUT2D eigenvalue weighted by Gasteiger charge is -2.34. The number of phenolic OH excluding ortho intramolecular Hbond substituents is 1. The molecule has 1 aliphatic heterocycles. The first-order valence-electron chi connectivity index (χ1n) is 12.6. The Bertz CT molecular complexity index is 1330. The Labute approximate surface area is 216 Å². The highest BCUT2D eigenvalue weighted by molar-refractivity contribution is 5.89. The number of rotatable bonds is 9. The fraction of sp³-hybridized carbons (Fsp3) is 0.310. The van der Waals surface area contributed by atoms with Crippen molar-refractivity contribution in [2.45, 2.75) is 26.6 Å². The molecule has 0 bridgehead atoms. The summed E-state index contributed by atoms with van der Waals surface area (Å²) in [4.78, 5) is 16.6. The first-order valence-corrected chi connectivity index (χ1v) is 12.6. The van der Waals surface area contributed by atoms with Gasteiger partial charge in [0, 0.05) is 44.7 Å². The van der Waals surface area contributed by atoms with E-state index in [1.807, 2.05) is 12.1 Å². The Morgan fingerprint density at radius 1 is 0.946 bits per heavy atom. The highest BCUT2D eigenvalue weighted by atomic mass is 16.5. The minimum absolute atomic E-state index is 0.203. The summed E-state index contributed by atoms with van der Waals surface area (Å²) in [5.74, 6) is 0.454. The number of carbonyl (C=O) groups is 1. The zero-order chi connectivity index (χ0) is 25.6. The largest absolute Gasteiger partial charge is 0.507 e. The molecule has 1 N–H and O–H groups in total. The van der Waals surface area contributed by atoms with E-state index in [2.05, 4.69) is 39.2 Å². The summed E-state index contributed by atoms with van der Waals surface area (Å²) in [6.45, 7) is 7.61. The van der Waals surface area contributed by atoms with Crippen molar-refractivity contribution in [3.05, 3.63) is 89.1 Å². The van der Waals surface area contributed by atoms with E-state index in [-0.39, 0.29) is 18.3 Å². The predicted octanol–water partition coefficient (Wildman–Crippen LogP) is 4.61. The fourth-order valence-corrected chi connectivity index (χ4v) is 4.58. The van der Waals surface area contributed by atoms with E-state index in [9.17, 15) is 9.90 Å². The van der Waals surface area contributed by atoms with Crippen molar-refractivity contribution in [1.82, 2.24) is 15.0 Å². The van der Waals surface area contributed by atoms with E-state index in [4.69, 9.17) is 14.0 Å². The third kappa shape index (κ3) is 5.93. The lowest BCUT2D eigenvalue weighted by molar-refractivity contribution is 0.0526. The van der Waals surface area contributed by atoms with E-state index in [0.717, 1.165) is 43.7 Å². The summed E-state index contributed by atoms with van der Waals surface area (Å²) < 4.78 is 16.6. The second-order valence-electron chi connectivity index (χ2n) is 9.14. The molecular formula is C29H31N3O5. The number of hydrogen-bond acceptors (Lipinski definition) is 8. The maximum atomic E-state index is 11.8. The molecule has 0 saturated carbocycles. The van der Waals surface area contributed by atoms with Gasteiger partial charge >= 0.3 is 5.97 Å². The van der Waals surface area contributed by atoms with Gasteiger partial charge in [0.25, 0.3) is 0 Å². The molecule has 37 heavy (non-hydrogen) atoms. The van der Waals surface area contributed by atoms with Gasteiger partial charge in [0.15, 0.2) is 5.58 Å². The molecule has 0 radical (unpaired) electrons. The number of aromatic hydroxyl groups is 1. The number of fused-ring (bicyclic) bond motifs is 1. The van der Waals surface area contributed by atoms with Gasteiger partial charge in [-0.3, -0.25) is 9.80 Å². The van der Waals surface area contributed by atoms with Gasteiger partial charge < -0.3 is 19.1 Å². The number of hydrogen-bond donors (Lipinski definition) is 1. The van der Waals surface area contributed by atoms with Crippen LogP contribution in [0.2, 0.25) is 0 Å². The molecule has 0 aliphatic carbocycles. The number of piperazine rings is 1. The normalized spacial score (nSPS) is 14.6. The van der Waals surface area contributed by atoms with Crippen LogP contribution in [0.25, 0.3) is 11.0 Å². The highest BCUT2D eigenvalue weighted by Crippen LogP contribution is 2.31. The van der Waals surface area contributed by atoms with Crippen LogP contribution in [0.4, 0.5) is 0 Å². The van der Waals surface area contributed by atoms with Crippen LogP contribution in [0.1, 0.15) is 34.1 Å². The van der Waals surface area contributed by atoms with Gasteiger partial charge in [-0.2, -0.15) is 0 Å². The van der Waals surface area contributed by atoms with Gasteiger partial charge in [0.1, 0.15) is 23.8 Å². The van der Waals surface area contributed by atoms with Crippen LogP contribution < -0.4 is 4.74 Å². The van der Waals surface area contributed by atoms with Crippen LogP contribution in [0.3, 0.4) is 0 Å². The number of ether oxygens (including phenoxy) is 2. The number of benzene rings is 3. The maximum Gasteiger partial charge on any atom is 0.338 e. The Hall–Kier alpha value is -3.88. The second kappa shape index (κ2) is 11.5. The SMILES string of the molecule is CCOC(=O)c1ccc(OCc2noc3c(CN4CCN(Cc5ccccc5)CC4)c(O)ccc23)cc1. The van der Waals surface area contributed by atoms with Crippen molar-refractivity contribution in [3.8, 4) is 11.5 Å². The molecular weight excluding hydrogens is 470 g/mol. The second-order valence-corrected chi connectivity index (χ2v) is 9.14. The summed E-state index contributed by atoms with van der Waals surface area (Å²) >= 11 is 0. The van der Waals surface area contributed by atoms with Gasteiger partial charge in [-0.05, 0) is 48.9 Å². The zero-order valence-electron chi connectivity index (χ0n) is 20.9. The molecule has 5 rings (SSSR count).